The summed E-state index contributed by atoms with van der Waals surface area (Å²) in [5.41, 5.74) is 3.20. The molecule has 1 amide bonds. The SMILES string of the molecule is Cc1ccccc1[C@@H](NC(=O)COc1ccc(Cl)cc1Br)c1ccccc1. The number of nitrogens with one attached hydrogen (secondary N) is 1. The highest BCUT2D eigenvalue weighted by Crippen LogP contribution is 2.28. The summed E-state index contributed by atoms with van der Waals surface area (Å²) in [4.78, 5) is 12.6. The van der Waals surface area contributed by atoms with E-state index >= 15 is 0 Å². The van der Waals surface area contributed by atoms with Crippen LogP contribution in [0.5, 0.6) is 5.75 Å². The van der Waals surface area contributed by atoms with Crippen LogP contribution in [0.3, 0.4) is 0 Å². The predicted octanol–water partition coefficient (Wildman–Crippen LogP) is 5.70. The number of hydrogen-bond donors (Lipinski definition) is 1. The first kappa shape index (κ1) is 19.5. The average molecular weight is 445 g/mol. The highest BCUT2D eigenvalue weighted by molar-refractivity contribution is 9.10. The summed E-state index contributed by atoms with van der Waals surface area (Å²) in [5, 5.41) is 3.69. The first-order valence-electron chi connectivity index (χ1n) is 8.52. The van der Waals surface area contributed by atoms with Gasteiger partial charge in [0.25, 0.3) is 5.91 Å². The zero-order valence-corrected chi connectivity index (χ0v) is 17.1. The van der Waals surface area contributed by atoms with E-state index in [2.05, 4.69) is 21.2 Å². The van der Waals surface area contributed by atoms with Crippen molar-refractivity contribution in [3.8, 4) is 5.75 Å². The van der Waals surface area contributed by atoms with Crippen molar-refractivity contribution in [3.05, 3.63) is 99.0 Å². The van der Waals surface area contributed by atoms with Crippen LogP contribution >= 0.6 is 27.5 Å². The van der Waals surface area contributed by atoms with Crippen molar-refractivity contribution in [2.24, 2.45) is 0 Å². The van der Waals surface area contributed by atoms with Crippen LogP contribution in [0.25, 0.3) is 0 Å². The van der Waals surface area contributed by atoms with E-state index in [-0.39, 0.29) is 18.6 Å². The highest BCUT2D eigenvalue weighted by Gasteiger charge is 2.18. The lowest BCUT2D eigenvalue weighted by Crippen LogP contribution is -2.33. The molecule has 3 aromatic rings. The van der Waals surface area contributed by atoms with Gasteiger partial charge in [0, 0.05) is 5.02 Å². The van der Waals surface area contributed by atoms with Crippen LogP contribution in [0, 0.1) is 6.92 Å². The van der Waals surface area contributed by atoms with E-state index in [4.69, 9.17) is 16.3 Å². The van der Waals surface area contributed by atoms with Crippen molar-refractivity contribution in [1.29, 1.82) is 0 Å². The summed E-state index contributed by atoms with van der Waals surface area (Å²) in [6.45, 7) is 1.95. The molecule has 0 radical (unpaired) electrons. The summed E-state index contributed by atoms with van der Waals surface area (Å²) in [7, 11) is 0. The number of ether oxygens (including phenoxy) is 1. The molecule has 0 fully saturated rings. The third kappa shape index (κ3) is 5.12. The van der Waals surface area contributed by atoms with Gasteiger partial charge in [-0.3, -0.25) is 4.79 Å². The number of carbonyl (C=O) groups excluding carboxylic acids is 1. The van der Waals surface area contributed by atoms with Gasteiger partial charge in [-0.05, 0) is 57.7 Å². The molecule has 0 aliphatic carbocycles. The van der Waals surface area contributed by atoms with Gasteiger partial charge in [0.1, 0.15) is 5.75 Å². The Morgan fingerprint density at radius 1 is 1.07 bits per heavy atom. The standard InChI is InChI=1S/C22H19BrClNO2/c1-15-7-5-6-10-18(15)22(16-8-3-2-4-9-16)25-21(26)14-27-20-12-11-17(24)13-19(20)23/h2-13,22H,14H2,1H3,(H,25,26)/t22-/m0/s1. The van der Waals surface area contributed by atoms with E-state index in [0.29, 0.717) is 15.2 Å². The van der Waals surface area contributed by atoms with E-state index in [0.717, 1.165) is 16.7 Å². The maximum atomic E-state index is 12.6. The fourth-order valence-corrected chi connectivity index (χ4v) is 3.63. The molecule has 0 bridgehead atoms. The Balaban J connectivity index is 1.76. The van der Waals surface area contributed by atoms with Crippen molar-refractivity contribution in [1.82, 2.24) is 5.32 Å². The van der Waals surface area contributed by atoms with Gasteiger partial charge in [0.05, 0.1) is 10.5 Å². The van der Waals surface area contributed by atoms with E-state index in [9.17, 15) is 4.79 Å². The van der Waals surface area contributed by atoms with Crippen LogP contribution in [-0.4, -0.2) is 12.5 Å². The minimum atomic E-state index is -0.239. The largest absolute Gasteiger partial charge is 0.483 e. The summed E-state index contributed by atoms with van der Waals surface area (Å²) in [6, 6.07) is 22.9. The van der Waals surface area contributed by atoms with Gasteiger partial charge < -0.3 is 10.1 Å². The third-order valence-corrected chi connectivity index (χ3v) is 5.05. The Hall–Kier alpha value is -2.30. The Bertz CT molecular complexity index is 931. The maximum Gasteiger partial charge on any atom is 0.258 e. The number of amides is 1. The van der Waals surface area contributed by atoms with Crippen molar-refractivity contribution >= 4 is 33.4 Å². The van der Waals surface area contributed by atoms with Crippen LogP contribution in [0.15, 0.2) is 77.3 Å². The molecule has 3 rings (SSSR count). The molecule has 0 saturated heterocycles. The number of halogens is 2. The van der Waals surface area contributed by atoms with Gasteiger partial charge in [0.15, 0.2) is 6.61 Å². The number of carbonyl (C=O) groups is 1. The van der Waals surface area contributed by atoms with Crippen LogP contribution < -0.4 is 10.1 Å². The zero-order valence-electron chi connectivity index (χ0n) is 14.8. The molecule has 3 aromatic carbocycles. The molecule has 0 unspecified atom stereocenters. The molecule has 0 aliphatic heterocycles. The van der Waals surface area contributed by atoms with E-state index in [1.165, 1.54) is 0 Å². The Kier molecular flexibility index (Phi) is 6.54. The predicted molar refractivity (Wildman–Crippen MR) is 112 cm³/mol. The van der Waals surface area contributed by atoms with Gasteiger partial charge >= 0.3 is 0 Å². The molecule has 0 aromatic heterocycles. The lowest BCUT2D eigenvalue weighted by molar-refractivity contribution is -0.123. The first-order chi connectivity index (χ1) is 13.0. The molecule has 3 nitrogen and oxygen atoms in total. The molecule has 0 heterocycles. The first-order valence-corrected chi connectivity index (χ1v) is 9.69. The third-order valence-electron chi connectivity index (χ3n) is 4.19. The Morgan fingerprint density at radius 2 is 1.78 bits per heavy atom. The molecule has 5 heteroatoms. The fourth-order valence-electron chi connectivity index (χ4n) is 2.84. The maximum absolute atomic E-state index is 12.6. The number of rotatable bonds is 6. The average Bonchev–Trinajstić information content (AvgIpc) is 2.67. The molecule has 1 N–H and O–H groups in total. The zero-order chi connectivity index (χ0) is 19.2. The van der Waals surface area contributed by atoms with Crippen molar-refractivity contribution in [3.63, 3.8) is 0 Å². The molecule has 0 aliphatic rings. The highest BCUT2D eigenvalue weighted by atomic mass is 79.9. The molecule has 138 valence electrons. The summed E-state index contributed by atoms with van der Waals surface area (Å²) in [6.07, 6.45) is 0. The smallest absolute Gasteiger partial charge is 0.258 e. The topological polar surface area (TPSA) is 38.3 Å². The molecular weight excluding hydrogens is 426 g/mol. The quantitative estimate of drug-likeness (QED) is 0.530. The normalized spacial score (nSPS) is 11.7. The molecule has 27 heavy (non-hydrogen) atoms. The van der Waals surface area contributed by atoms with E-state index in [1.54, 1.807) is 18.2 Å². The van der Waals surface area contributed by atoms with E-state index in [1.807, 2.05) is 61.5 Å². The number of hydrogen-bond acceptors (Lipinski definition) is 2. The Labute approximate surface area is 172 Å². The summed E-state index contributed by atoms with van der Waals surface area (Å²) in [5.74, 6) is 0.371. The van der Waals surface area contributed by atoms with Crippen LogP contribution in [0.4, 0.5) is 0 Å². The second-order valence-electron chi connectivity index (χ2n) is 6.13. The number of benzene rings is 3. The second kappa shape index (κ2) is 9.07. The lowest BCUT2D eigenvalue weighted by Gasteiger charge is -2.22. The molecular formula is C22H19BrClNO2. The van der Waals surface area contributed by atoms with Gasteiger partial charge in [-0.1, -0.05) is 66.2 Å². The van der Waals surface area contributed by atoms with Crippen molar-refractivity contribution < 1.29 is 9.53 Å². The van der Waals surface area contributed by atoms with E-state index < -0.39 is 0 Å². The van der Waals surface area contributed by atoms with Gasteiger partial charge in [-0.25, -0.2) is 0 Å². The van der Waals surface area contributed by atoms with Crippen molar-refractivity contribution in [2.45, 2.75) is 13.0 Å². The second-order valence-corrected chi connectivity index (χ2v) is 7.42. The number of aryl methyl sites for hydroxylation is 1. The van der Waals surface area contributed by atoms with Crippen LogP contribution in [0.1, 0.15) is 22.7 Å². The lowest BCUT2D eigenvalue weighted by atomic mass is 9.95. The fraction of sp³-hybridized carbons (Fsp3) is 0.136. The van der Waals surface area contributed by atoms with Gasteiger partial charge in [0.2, 0.25) is 0 Å². The van der Waals surface area contributed by atoms with Crippen LogP contribution in [0.2, 0.25) is 5.02 Å². The van der Waals surface area contributed by atoms with Crippen molar-refractivity contribution in [2.75, 3.05) is 6.61 Å². The summed E-state index contributed by atoms with van der Waals surface area (Å²) < 4.78 is 6.35. The minimum absolute atomic E-state index is 0.0879. The van der Waals surface area contributed by atoms with Gasteiger partial charge in [-0.15, -0.1) is 0 Å². The monoisotopic (exact) mass is 443 g/mol. The Morgan fingerprint density at radius 3 is 2.48 bits per heavy atom. The van der Waals surface area contributed by atoms with Crippen LogP contribution in [-0.2, 0) is 4.79 Å². The molecule has 0 saturated carbocycles. The molecule has 0 spiro atoms. The summed E-state index contributed by atoms with van der Waals surface area (Å²) >= 11 is 9.32. The molecule has 1 atom stereocenters. The van der Waals surface area contributed by atoms with Gasteiger partial charge in [-0.2, -0.15) is 0 Å². The minimum Gasteiger partial charge on any atom is -0.483 e.